The maximum Gasteiger partial charge on any atom is 0.407 e. The third-order valence-corrected chi connectivity index (χ3v) is 11.3. The molecule has 3 amide bonds. The molecular formula is C50H44N4O6. The third-order valence-electron chi connectivity index (χ3n) is 11.3. The monoisotopic (exact) mass is 796 g/mol. The maximum atomic E-state index is 14.3. The van der Waals surface area contributed by atoms with Crippen LogP contribution in [0.2, 0.25) is 0 Å². The number of aromatic nitrogens is 1. The molecule has 0 aliphatic heterocycles. The molecule has 0 saturated heterocycles. The molecule has 1 aromatic heterocycles. The van der Waals surface area contributed by atoms with Gasteiger partial charge < -0.3 is 30.8 Å². The summed E-state index contributed by atoms with van der Waals surface area (Å²) in [5, 5.41) is 19.8. The number of fused-ring (bicyclic) bond motifs is 4. The van der Waals surface area contributed by atoms with Crippen molar-refractivity contribution in [3.8, 4) is 11.1 Å². The van der Waals surface area contributed by atoms with E-state index in [2.05, 4.69) is 20.9 Å². The van der Waals surface area contributed by atoms with Crippen molar-refractivity contribution >= 4 is 34.8 Å². The molecule has 8 rings (SSSR count). The molecule has 300 valence electrons. The molecule has 0 spiro atoms. The Balaban J connectivity index is 1.04. The minimum absolute atomic E-state index is 0.000741. The Hall–Kier alpha value is -7.46. The highest BCUT2D eigenvalue weighted by molar-refractivity contribution is 5.91. The van der Waals surface area contributed by atoms with E-state index >= 15 is 0 Å². The molecule has 10 nitrogen and oxygen atoms in total. The van der Waals surface area contributed by atoms with Gasteiger partial charge in [0.2, 0.25) is 11.8 Å². The maximum absolute atomic E-state index is 14.3. The number of amides is 3. The Kier molecular flexibility index (Phi) is 11.5. The quantitative estimate of drug-likeness (QED) is 0.0663. The van der Waals surface area contributed by atoms with Gasteiger partial charge in [0.25, 0.3) is 0 Å². The standard InChI is InChI=1S/C50H44N4O6/c55-46(54-50(34-16-4-1-5-17-34,35-18-6-2-7-19-35)36-20-8-3-9-21-36)29-28-44(47(56)52-45(48(57)58)30-33-31-51-43-27-15-14-22-37(33)43)53-49(59)60-32-42-40-25-12-10-23-38(40)39-24-11-13-26-41(39)42/h1-27,31,42,44-45,51H,28-30,32H2,(H,52,56)(H,53,59)(H,54,55)(H,57,58)/t44-,45-/m0/s1. The first-order chi connectivity index (χ1) is 29.3. The van der Waals surface area contributed by atoms with Crippen LogP contribution in [-0.2, 0) is 31.1 Å². The van der Waals surface area contributed by atoms with Crippen LogP contribution in [0.1, 0.15) is 52.1 Å². The van der Waals surface area contributed by atoms with Gasteiger partial charge in [-0.2, -0.15) is 0 Å². The molecule has 5 N–H and O–H groups in total. The van der Waals surface area contributed by atoms with Crippen molar-refractivity contribution in [3.63, 3.8) is 0 Å². The SMILES string of the molecule is O=C(CC[C@H](NC(=O)OCC1c2ccccc2-c2ccccc21)C(=O)N[C@@H](Cc1c[nH]c2ccccc12)C(=O)O)NC(c1ccccc1)(c1ccccc1)c1ccccc1. The van der Waals surface area contributed by atoms with Gasteiger partial charge in [0.15, 0.2) is 0 Å². The fourth-order valence-electron chi connectivity index (χ4n) is 8.37. The van der Waals surface area contributed by atoms with Gasteiger partial charge in [-0.15, -0.1) is 0 Å². The average molecular weight is 797 g/mol. The molecule has 60 heavy (non-hydrogen) atoms. The number of alkyl carbamates (subject to hydrolysis) is 1. The lowest BCUT2D eigenvalue weighted by Crippen LogP contribution is -2.53. The summed E-state index contributed by atoms with van der Waals surface area (Å²) in [7, 11) is 0. The first kappa shape index (κ1) is 39.4. The number of hydrogen-bond donors (Lipinski definition) is 5. The lowest BCUT2D eigenvalue weighted by Gasteiger charge is -2.37. The molecule has 6 aromatic carbocycles. The van der Waals surface area contributed by atoms with Crippen LogP contribution in [0, 0.1) is 0 Å². The van der Waals surface area contributed by atoms with E-state index in [-0.39, 0.29) is 31.8 Å². The van der Waals surface area contributed by atoms with E-state index in [9.17, 15) is 24.3 Å². The van der Waals surface area contributed by atoms with Crippen molar-refractivity contribution in [2.45, 2.75) is 42.8 Å². The summed E-state index contributed by atoms with van der Waals surface area (Å²) in [5.74, 6) is -2.63. The number of carboxylic acids is 1. The van der Waals surface area contributed by atoms with E-state index in [4.69, 9.17) is 4.74 Å². The van der Waals surface area contributed by atoms with Crippen LogP contribution in [0.15, 0.2) is 170 Å². The summed E-state index contributed by atoms with van der Waals surface area (Å²) in [4.78, 5) is 57.9. The summed E-state index contributed by atoms with van der Waals surface area (Å²) in [6.45, 7) is 0.000741. The molecule has 0 fully saturated rings. The van der Waals surface area contributed by atoms with E-state index in [1.165, 1.54) is 0 Å². The first-order valence-corrected chi connectivity index (χ1v) is 20.0. The number of benzene rings is 6. The fourth-order valence-corrected chi connectivity index (χ4v) is 8.37. The average Bonchev–Trinajstić information content (AvgIpc) is 3.85. The van der Waals surface area contributed by atoms with Gasteiger partial charge in [0, 0.05) is 35.9 Å². The van der Waals surface area contributed by atoms with Crippen LogP contribution in [0.25, 0.3) is 22.0 Å². The van der Waals surface area contributed by atoms with Crippen molar-refractivity contribution in [2.24, 2.45) is 0 Å². The molecule has 0 bridgehead atoms. The number of nitrogens with one attached hydrogen (secondary N) is 4. The van der Waals surface area contributed by atoms with Crippen molar-refractivity contribution in [1.29, 1.82) is 0 Å². The van der Waals surface area contributed by atoms with Gasteiger partial charge in [-0.3, -0.25) is 9.59 Å². The summed E-state index contributed by atoms with van der Waals surface area (Å²) >= 11 is 0. The van der Waals surface area contributed by atoms with Crippen LogP contribution in [0.5, 0.6) is 0 Å². The molecule has 0 radical (unpaired) electrons. The van der Waals surface area contributed by atoms with Gasteiger partial charge in [0.1, 0.15) is 24.2 Å². The van der Waals surface area contributed by atoms with Gasteiger partial charge >= 0.3 is 12.1 Å². The van der Waals surface area contributed by atoms with Crippen molar-refractivity contribution in [2.75, 3.05) is 6.61 Å². The number of aromatic amines is 1. The topological polar surface area (TPSA) is 150 Å². The number of ether oxygens (including phenoxy) is 1. The van der Waals surface area contributed by atoms with Gasteiger partial charge in [-0.05, 0) is 57.0 Å². The van der Waals surface area contributed by atoms with E-state index in [0.29, 0.717) is 5.56 Å². The number of hydrogen-bond acceptors (Lipinski definition) is 5. The molecule has 1 aliphatic carbocycles. The summed E-state index contributed by atoms with van der Waals surface area (Å²) in [5.41, 5.74) is 7.09. The Labute approximate surface area is 347 Å². The normalized spacial score (nSPS) is 13.1. The second-order valence-corrected chi connectivity index (χ2v) is 14.9. The number of rotatable bonds is 15. The second kappa shape index (κ2) is 17.6. The molecule has 7 aromatic rings. The number of aliphatic carboxylic acids is 1. The zero-order chi connectivity index (χ0) is 41.5. The largest absolute Gasteiger partial charge is 0.480 e. The number of H-pyrrole nitrogens is 1. The summed E-state index contributed by atoms with van der Waals surface area (Å²) in [6.07, 6.45) is 0.485. The van der Waals surface area contributed by atoms with Crippen LogP contribution in [0.4, 0.5) is 4.79 Å². The van der Waals surface area contributed by atoms with Crippen molar-refractivity contribution in [3.05, 3.63) is 203 Å². The van der Waals surface area contributed by atoms with E-state index in [0.717, 1.165) is 49.8 Å². The van der Waals surface area contributed by atoms with E-state index in [1.807, 2.05) is 164 Å². The predicted octanol–water partition coefficient (Wildman–Crippen LogP) is 8.08. The van der Waals surface area contributed by atoms with Crippen LogP contribution < -0.4 is 16.0 Å². The Morgan fingerprint density at radius 2 is 1.15 bits per heavy atom. The molecule has 10 heteroatoms. The first-order valence-electron chi connectivity index (χ1n) is 20.0. The molecule has 0 unspecified atom stereocenters. The van der Waals surface area contributed by atoms with E-state index < -0.39 is 41.5 Å². The van der Waals surface area contributed by atoms with Crippen LogP contribution in [0.3, 0.4) is 0 Å². The summed E-state index contributed by atoms with van der Waals surface area (Å²) < 4.78 is 5.82. The fraction of sp³-hybridized carbons (Fsp3) is 0.160. The highest BCUT2D eigenvalue weighted by Crippen LogP contribution is 2.44. The van der Waals surface area contributed by atoms with Crippen molar-refractivity contribution in [1.82, 2.24) is 20.9 Å². The van der Waals surface area contributed by atoms with Crippen LogP contribution >= 0.6 is 0 Å². The zero-order valence-corrected chi connectivity index (χ0v) is 32.7. The van der Waals surface area contributed by atoms with Gasteiger partial charge in [0.05, 0.1) is 0 Å². The lowest BCUT2D eigenvalue weighted by molar-refractivity contribution is -0.142. The van der Waals surface area contributed by atoms with Gasteiger partial charge in [-0.25, -0.2) is 9.59 Å². The molecule has 2 atom stereocenters. The Bertz CT molecular complexity index is 2490. The molecular weight excluding hydrogens is 753 g/mol. The molecule has 1 aliphatic rings. The minimum Gasteiger partial charge on any atom is -0.480 e. The Morgan fingerprint density at radius 1 is 0.633 bits per heavy atom. The molecule has 1 heterocycles. The third kappa shape index (κ3) is 8.13. The van der Waals surface area contributed by atoms with E-state index in [1.54, 1.807) is 6.20 Å². The van der Waals surface area contributed by atoms with Crippen molar-refractivity contribution < 1.29 is 29.0 Å². The minimum atomic E-state index is -1.33. The lowest BCUT2D eigenvalue weighted by atomic mass is 9.77. The number of carbonyl (C=O) groups excluding carboxylic acids is 3. The Morgan fingerprint density at radius 3 is 1.72 bits per heavy atom. The zero-order valence-electron chi connectivity index (χ0n) is 32.7. The van der Waals surface area contributed by atoms with Crippen LogP contribution in [-0.4, -0.2) is 52.7 Å². The smallest absolute Gasteiger partial charge is 0.407 e. The highest BCUT2D eigenvalue weighted by atomic mass is 16.5. The number of carboxylic acid groups (broad SMARTS) is 1. The summed E-state index contributed by atoms with van der Waals surface area (Å²) in [6, 6.07) is 49.7. The number of carbonyl (C=O) groups is 4. The predicted molar refractivity (Wildman–Crippen MR) is 230 cm³/mol. The second-order valence-electron chi connectivity index (χ2n) is 14.9. The number of para-hydroxylation sites is 1. The molecule has 0 saturated carbocycles. The highest BCUT2D eigenvalue weighted by Gasteiger charge is 2.38. The van der Waals surface area contributed by atoms with Gasteiger partial charge in [-0.1, -0.05) is 158 Å².